The van der Waals surface area contributed by atoms with Gasteiger partial charge in [-0.2, -0.15) is 0 Å². The molecule has 2 atom stereocenters. The first kappa shape index (κ1) is 17.5. The summed E-state index contributed by atoms with van der Waals surface area (Å²) in [6, 6.07) is 2.86. The molecule has 23 heavy (non-hydrogen) atoms. The van der Waals surface area contributed by atoms with Crippen molar-refractivity contribution >= 4 is 29.1 Å². The number of thiophene rings is 1. The second kappa shape index (κ2) is 7.59. The highest BCUT2D eigenvalue weighted by Crippen LogP contribution is 2.19. The number of piperidine rings is 1. The fourth-order valence-electron chi connectivity index (χ4n) is 2.71. The Labute approximate surface area is 139 Å². The second-order valence-corrected chi connectivity index (χ2v) is 7.08. The minimum atomic E-state index is -0.869. The molecule has 0 radical (unpaired) electrons. The van der Waals surface area contributed by atoms with Crippen LogP contribution in [-0.4, -0.2) is 46.9 Å². The van der Waals surface area contributed by atoms with Gasteiger partial charge in [0, 0.05) is 13.1 Å². The third-order valence-corrected chi connectivity index (χ3v) is 4.92. The maximum atomic E-state index is 12.7. The molecule has 1 aromatic rings. The van der Waals surface area contributed by atoms with Crippen LogP contribution in [0.1, 0.15) is 36.4 Å². The van der Waals surface area contributed by atoms with Crippen molar-refractivity contribution in [2.24, 2.45) is 11.8 Å². The molecule has 6 nitrogen and oxygen atoms in total. The van der Waals surface area contributed by atoms with Gasteiger partial charge in [0.15, 0.2) is 0 Å². The number of likely N-dealkylation sites (tertiary alicyclic amines) is 1. The van der Waals surface area contributed by atoms with Crippen molar-refractivity contribution in [1.29, 1.82) is 0 Å². The van der Waals surface area contributed by atoms with Crippen molar-refractivity contribution in [3.8, 4) is 0 Å². The van der Waals surface area contributed by atoms with Crippen LogP contribution in [0.25, 0.3) is 0 Å². The van der Waals surface area contributed by atoms with Gasteiger partial charge in [0.1, 0.15) is 6.04 Å². The Kier molecular flexibility index (Phi) is 5.76. The van der Waals surface area contributed by atoms with E-state index in [0.29, 0.717) is 24.3 Å². The summed E-state index contributed by atoms with van der Waals surface area (Å²) < 4.78 is 0. The molecule has 0 spiro atoms. The van der Waals surface area contributed by atoms with E-state index in [1.165, 1.54) is 11.3 Å². The first-order chi connectivity index (χ1) is 10.9. The van der Waals surface area contributed by atoms with Crippen LogP contribution >= 0.6 is 11.3 Å². The highest BCUT2D eigenvalue weighted by Gasteiger charge is 2.33. The molecule has 1 aliphatic rings. The number of nitrogens with zero attached hydrogens (tertiary/aromatic N) is 1. The highest BCUT2D eigenvalue weighted by atomic mass is 32.1. The Balaban J connectivity index is 2.06. The van der Waals surface area contributed by atoms with Crippen LogP contribution in [0.15, 0.2) is 17.5 Å². The number of carbonyl (C=O) groups is 3. The van der Waals surface area contributed by atoms with Crippen molar-refractivity contribution in [1.82, 2.24) is 10.2 Å². The molecule has 1 aliphatic heterocycles. The lowest BCUT2D eigenvalue weighted by atomic mass is 9.95. The van der Waals surface area contributed by atoms with E-state index in [4.69, 9.17) is 5.11 Å². The fraction of sp³-hybridized carbons (Fsp3) is 0.562. The van der Waals surface area contributed by atoms with Crippen LogP contribution in [0.2, 0.25) is 0 Å². The van der Waals surface area contributed by atoms with Gasteiger partial charge in [-0.1, -0.05) is 19.9 Å². The van der Waals surface area contributed by atoms with Crippen LogP contribution < -0.4 is 5.32 Å². The Hall–Kier alpha value is -1.89. The van der Waals surface area contributed by atoms with E-state index in [2.05, 4.69) is 5.32 Å². The Morgan fingerprint density at radius 1 is 1.39 bits per heavy atom. The lowest BCUT2D eigenvalue weighted by molar-refractivity contribution is -0.146. The van der Waals surface area contributed by atoms with E-state index in [-0.39, 0.29) is 24.3 Å². The molecule has 0 saturated carbocycles. The average molecular weight is 338 g/mol. The monoisotopic (exact) mass is 338 g/mol. The van der Waals surface area contributed by atoms with Gasteiger partial charge in [-0.05, 0) is 30.2 Å². The van der Waals surface area contributed by atoms with Gasteiger partial charge >= 0.3 is 5.97 Å². The first-order valence-electron chi connectivity index (χ1n) is 7.76. The zero-order valence-electron chi connectivity index (χ0n) is 13.3. The van der Waals surface area contributed by atoms with Crippen LogP contribution in [0.4, 0.5) is 0 Å². The molecule has 1 aromatic heterocycles. The molecule has 1 fully saturated rings. The Bertz CT molecular complexity index is 571. The molecular formula is C16H22N2O4S. The van der Waals surface area contributed by atoms with Crippen molar-refractivity contribution in [2.75, 3.05) is 13.1 Å². The summed E-state index contributed by atoms with van der Waals surface area (Å²) in [5.41, 5.74) is 0. The highest BCUT2D eigenvalue weighted by molar-refractivity contribution is 7.12. The Morgan fingerprint density at radius 2 is 2.13 bits per heavy atom. The molecule has 126 valence electrons. The van der Waals surface area contributed by atoms with Crippen LogP contribution in [0.3, 0.4) is 0 Å². The molecule has 2 N–H and O–H groups in total. The topological polar surface area (TPSA) is 86.7 Å². The maximum absolute atomic E-state index is 12.7. The second-order valence-electron chi connectivity index (χ2n) is 6.13. The summed E-state index contributed by atoms with van der Waals surface area (Å²) in [6.45, 7) is 4.50. The quantitative estimate of drug-likeness (QED) is 0.857. The maximum Gasteiger partial charge on any atom is 0.308 e. The van der Waals surface area contributed by atoms with E-state index in [0.717, 1.165) is 0 Å². The summed E-state index contributed by atoms with van der Waals surface area (Å²) in [5, 5.41) is 13.8. The standard InChI is InChI=1S/C16H22N2O4S/c1-10(2)13(17-14(19)12-6-4-8-23-12)15(20)18-7-3-5-11(9-18)16(21)22/h4,6,8,10-11,13H,3,5,7,9H2,1-2H3,(H,17,19)(H,21,22). The molecule has 7 heteroatoms. The van der Waals surface area contributed by atoms with Gasteiger partial charge in [-0.15, -0.1) is 11.3 Å². The van der Waals surface area contributed by atoms with Gasteiger partial charge in [0.2, 0.25) is 5.91 Å². The minimum Gasteiger partial charge on any atom is -0.481 e. The van der Waals surface area contributed by atoms with Gasteiger partial charge < -0.3 is 15.3 Å². The molecule has 2 unspecified atom stereocenters. The molecule has 2 rings (SSSR count). The molecule has 2 heterocycles. The third kappa shape index (κ3) is 4.31. The molecular weight excluding hydrogens is 316 g/mol. The summed E-state index contributed by atoms with van der Waals surface area (Å²) >= 11 is 1.32. The van der Waals surface area contributed by atoms with Crippen molar-refractivity contribution in [3.05, 3.63) is 22.4 Å². The Morgan fingerprint density at radius 3 is 2.70 bits per heavy atom. The van der Waals surface area contributed by atoms with Gasteiger partial charge in [-0.3, -0.25) is 14.4 Å². The zero-order chi connectivity index (χ0) is 17.0. The largest absolute Gasteiger partial charge is 0.481 e. The summed E-state index contributed by atoms with van der Waals surface area (Å²) in [7, 11) is 0. The first-order valence-corrected chi connectivity index (χ1v) is 8.64. The smallest absolute Gasteiger partial charge is 0.308 e. The number of nitrogens with one attached hydrogen (secondary N) is 1. The van der Waals surface area contributed by atoms with Crippen molar-refractivity contribution in [3.63, 3.8) is 0 Å². The summed E-state index contributed by atoms with van der Waals surface area (Å²) in [4.78, 5) is 38.2. The number of carbonyl (C=O) groups excluding carboxylic acids is 2. The number of amides is 2. The van der Waals surface area contributed by atoms with Gasteiger partial charge in [0.25, 0.3) is 5.91 Å². The molecule has 2 amide bonds. The van der Waals surface area contributed by atoms with Crippen LogP contribution in [0, 0.1) is 11.8 Å². The van der Waals surface area contributed by atoms with E-state index in [1.807, 2.05) is 19.2 Å². The fourth-order valence-corrected chi connectivity index (χ4v) is 3.34. The number of rotatable bonds is 5. The number of hydrogen-bond acceptors (Lipinski definition) is 4. The summed E-state index contributed by atoms with van der Waals surface area (Å²) in [6.07, 6.45) is 1.26. The molecule has 0 bridgehead atoms. The number of carboxylic acids is 1. The summed E-state index contributed by atoms with van der Waals surface area (Å²) in [5.74, 6) is -1.92. The molecule has 0 aromatic carbocycles. The van der Waals surface area contributed by atoms with Gasteiger partial charge in [0.05, 0.1) is 10.8 Å². The predicted molar refractivity (Wildman–Crippen MR) is 87.4 cm³/mol. The van der Waals surface area contributed by atoms with Crippen LogP contribution in [0.5, 0.6) is 0 Å². The van der Waals surface area contributed by atoms with Crippen molar-refractivity contribution in [2.45, 2.75) is 32.7 Å². The van der Waals surface area contributed by atoms with E-state index >= 15 is 0 Å². The lowest BCUT2D eigenvalue weighted by Crippen LogP contribution is -2.54. The van der Waals surface area contributed by atoms with E-state index in [1.54, 1.807) is 17.0 Å². The lowest BCUT2D eigenvalue weighted by Gasteiger charge is -2.34. The average Bonchev–Trinajstić information content (AvgIpc) is 3.06. The number of hydrogen-bond donors (Lipinski definition) is 2. The molecule has 0 aliphatic carbocycles. The SMILES string of the molecule is CC(C)C(NC(=O)c1cccs1)C(=O)N1CCCC(C(=O)O)C1. The van der Waals surface area contributed by atoms with E-state index < -0.39 is 17.9 Å². The minimum absolute atomic E-state index is 0.0726. The van der Waals surface area contributed by atoms with Crippen molar-refractivity contribution < 1.29 is 19.5 Å². The normalized spacial score (nSPS) is 19.4. The van der Waals surface area contributed by atoms with E-state index in [9.17, 15) is 14.4 Å². The molecule has 1 saturated heterocycles. The van der Waals surface area contributed by atoms with Gasteiger partial charge in [-0.25, -0.2) is 0 Å². The number of aliphatic carboxylic acids is 1. The predicted octanol–water partition coefficient (Wildman–Crippen LogP) is 1.83. The number of carboxylic acid groups (broad SMARTS) is 1. The third-order valence-electron chi connectivity index (χ3n) is 4.05. The zero-order valence-corrected chi connectivity index (χ0v) is 14.1. The van der Waals surface area contributed by atoms with Crippen LogP contribution in [-0.2, 0) is 9.59 Å².